The van der Waals surface area contributed by atoms with Gasteiger partial charge in [0.1, 0.15) is 0 Å². The third-order valence-electron chi connectivity index (χ3n) is 2.21. The van der Waals surface area contributed by atoms with Crippen LogP contribution in [0.15, 0.2) is 29.3 Å². The SMILES string of the molecule is O=C=Nc1cccc2c1CCC=C2. The minimum Gasteiger partial charge on any atom is -0.211 e. The number of allylic oxidation sites excluding steroid dienone is 1. The molecular weight excluding hydrogens is 162 g/mol. The van der Waals surface area contributed by atoms with Gasteiger partial charge in [0.25, 0.3) is 0 Å². The smallest absolute Gasteiger partial charge is 0.211 e. The van der Waals surface area contributed by atoms with Crippen LogP contribution >= 0.6 is 0 Å². The van der Waals surface area contributed by atoms with Crippen LogP contribution in [0, 0.1) is 0 Å². The summed E-state index contributed by atoms with van der Waals surface area (Å²) in [7, 11) is 0. The van der Waals surface area contributed by atoms with Crippen LogP contribution in [0.25, 0.3) is 6.08 Å². The molecule has 1 aliphatic rings. The van der Waals surface area contributed by atoms with E-state index in [1.54, 1.807) is 6.08 Å². The van der Waals surface area contributed by atoms with Crippen molar-refractivity contribution in [3.63, 3.8) is 0 Å². The maximum Gasteiger partial charge on any atom is 0.240 e. The fourth-order valence-electron chi connectivity index (χ4n) is 1.61. The Bertz CT molecular complexity index is 401. The quantitative estimate of drug-likeness (QED) is 0.471. The molecule has 0 saturated heterocycles. The fraction of sp³-hybridized carbons (Fsp3) is 0.182. The number of rotatable bonds is 1. The van der Waals surface area contributed by atoms with Gasteiger partial charge in [-0.2, -0.15) is 4.99 Å². The van der Waals surface area contributed by atoms with E-state index in [2.05, 4.69) is 17.1 Å². The van der Waals surface area contributed by atoms with Crippen molar-refractivity contribution in [3.05, 3.63) is 35.4 Å². The molecule has 2 rings (SSSR count). The van der Waals surface area contributed by atoms with Crippen LogP contribution in [0.2, 0.25) is 0 Å². The first-order valence-electron chi connectivity index (χ1n) is 4.28. The van der Waals surface area contributed by atoms with Gasteiger partial charge in [-0.25, -0.2) is 4.79 Å². The molecule has 0 radical (unpaired) electrons. The fourth-order valence-corrected chi connectivity index (χ4v) is 1.61. The lowest BCUT2D eigenvalue weighted by Gasteiger charge is -2.11. The molecule has 0 amide bonds. The van der Waals surface area contributed by atoms with Gasteiger partial charge in [0.15, 0.2) is 0 Å². The number of carbonyl (C=O) groups excluding carboxylic acids is 1. The number of aliphatic imine (C=N–C) groups is 1. The summed E-state index contributed by atoms with van der Waals surface area (Å²) in [6, 6.07) is 5.79. The van der Waals surface area contributed by atoms with Gasteiger partial charge in [-0.05, 0) is 30.0 Å². The van der Waals surface area contributed by atoms with Gasteiger partial charge >= 0.3 is 0 Å². The number of benzene rings is 1. The molecule has 64 valence electrons. The van der Waals surface area contributed by atoms with E-state index in [1.807, 2.05) is 18.2 Å². The topological polar surface area (TPSA) is 29.4 Å². The van der Waals surface area contributed by atoms with Crippen LogP contribution in [-0.4, -0.2) is 6.08 Å². The summed E-state index contributed by atoms with van der Waals surface area (Å²) in [5.74, 6) is 0. The van der Waals surface area contributed by atoms with Crippen molar-refractivity contribution >= 4 is 17.8 Å². The number of isocyanates is 1. The Morgan fingerprint density at radius 2 is 2.31 bits per heavy atom. The van der Waals surface area contributed by atoms with Crippen LogP contribution in [0.5, 0.6) is 0 Å². The highest BCUT2D eigenvalue weighted by molar-refractivity contribution is 5.66. The van der Waals surface area contributed by atoms with Crippen molar-refractivity contribution < 1.29 is 4.79 Å². The Balaban J connectivity index is 2.59. The number of nitrogens with zero attached hydrogens (tertiary/aromatic N) is 1. The third-order valence-corrected chi connectivity index (χ3v) is 2.21. The van der Waals surface area contributed by atoms with Crippen LogP contribution in [0.3, 0.4) is 0 Å². The molecule has 0 spiro atoms. The van der Waals surface area contributed by atoms with Crippen molar-refractivity contribution in [3.8, 4) is 0 Å². The standard InChI is InChI=1S/C11H9NO/c13-8-12-11-7-3-5-9-4-1-2-6-10(9)11/h1,3-5,7H,2,6H2. The van der Waals surface area contributed by atoms with Crippen molar-refractivity contribution in [1.82, 2.24) is 0 Å². The Morgan fingerprint density at radius 1 is 1.38 bits per heavy atom. The van der Waals surface area contributed by atoms with Gasteiger partial charge in [0.05, 0.1) is 5.69 Å². The normalized spacial score (nSPS) is 13.2. The van der Waals surface area contributed by atoms with E-state index in [9.17, 15) is 4.79 Å². The van der Waals surface area contributed by atoms with E-state index in [4.69, 9.17) is 0 Å². The summed E-state index contributed by atoms with van der Waals surface area (Å²) in [5, 5.41) is 0. The van der Waals surface area contributed by atoms with E-state index >= 15 is 0 Å². The van der Waals surface area contributed by atoms with Crippen molar-refractivity contribution in [2.75, 3.05) is 0 Å². The van der Waals surface area contributed by atoms with Crippen molar-refractivity contribution in [2.45, 2.75) is 12.8 Å². The zero-order valence-electron chi connectivity index (χ0n) is 7.16. The summed E-state index contributed by atoms with van der Waals surface area (Å²) >= 11 is 0. The first kappa shape index (κ1) is 7.96. The molecule has 0 unspecified atom stereocenters. The first-order chi connectivity index (χ1) is 6.42. The van der Waals surface area contributed by atoms with Crippen LogP contribution in [-0.2, 0) is 11.2 Å². The van der Waals surface area contributed by atoms with E-state index < -0.39 is 0 Å². The van der Waals surface area contributed by atoms with Gasteiger partial charge in [0.2, 0.25) is 6.08 Å². The predicted molar refractivity (Wildman–Crippen MR) is 51.6 cm³/mol. The maximum atomic E-state index is 10.2. The Hall–Kier alpha value is -1.66. The summed E-state index contributed by atoms with van der Waals surface area (Å²) in [5.41, 5.74) is 3.09. The van der Waals surface area contributed by atoms with Gasteiger partial charge in [-0.1, -0.05) is 24.3 Å². The molecule has 2 heteroatoms. The highest BCUT2D eigenvalue weighted by Gasteiger charge is 2.07. The Labute approximate surface area is 76.6 Å². The summed E-state index contributed by atoms with van der Waals surface area (Å²) < 4.78 is 0. The molecule has 0 fully saturated rings. The molecule has 0 N–H and O–H groups in total. The van der Waals surface area contributed by atoms with Gasteiger partial charge in [-0.3, -0.25) is 0 Å². The highest BCUT2D eigenvalue weighted by atomic mass is 16.1. The molecule has 0 bridgehead atoms. The number of fused-ring (bicyclic) bond motifs is 1. The maximum absolute atomic E-state index is 10.2. The lowest BCUT2D eigenvalue weighted by molar-refractivity contribution is 0.565. The largest absolute Gasteiger partial charge is 0.240 e. The van der Waals surface area contributed by atoms with Crippen molar-refractivity contribution in [2.24, 2.45) is 4.99 Å². The molecule has 0 saturated carbocycles. The summed E-state index contributed by atoms with van der Waals surface area (Å²) in [6.45, 7) is 0. The van der Waals surface area contributed by atoms with Crippen LogP contribution < -0.4 is 0 Å². The molecule has 2 nitrogen and oxygen atoms in total. The third kappa shape index (κ3) is 1.44. The van der Waals surface area contributed by atoms with E-state index in [0.717, 1.165) is 24.1 Å². The molecular formula is C11H9NO. The second-order valence-electron chi connectivity index (χ2n) is 2.99. The molecule has 0 aliphatic heterocycles. The van der Waals surface area contributed by atoms with Crippen LogP contribution in [0.4, 0.5) is 5.69 Å². The Morgan fingerprint density at radius 3 is 3.15 bits per heavy atom. The molecule has 13 heavy (non-hydrogen) atoms. The molecule has 0 atom stereocenters. The van der Waals surface area contributed by atoms with Gasteiger partial charge in [-0.15, -0.1) is 0 Å². The zero-order valence-corrected chi connectivity index (χ0v) is 7.16. The minimum absolute atomic E-state index is 0.761. The highest BCUT2D eigenvalue weighted by Crippen LogP contribution is 2.27. The predicted octanol–water partition coefficient (Wildman–Crippen LogP) is 2.61. The van der Waals surface area contributed by atoms with E-state index in [0.29, 0.717) is 0 Å². The molecule has 0 heterocycles. The minimum atomic E-state index is 0.761. The Kier molecular flexibility index (Phi) is 2.07. The number of hydrogen-bond acceptors (Lipinski definition) is 2. The average Bonchev–Trinajstić information content (AvgIpc) is 2.19. The van der Waals surface area contributed by atoms with Gasteiger partial charge < -0.3 is 0 Å². The van der Waals surface area contributed by atoms with E-state index in [1.165, 1.54) is 5.56 Å². The molecule has 0 aromatic heterocycles. The first-order valence-corrected chi connectivity index (χ1v) is 4.28. The summed E-state index contributed by atoms with van der Waals surface area (Å²) in [6.07, 6.45) is 7.78. The average molecular weight is 171 g/mol. The number of hydrogen-bond donors (Lipinski definition) is 0. The summed E-state index contributed by atoms with van der Waals surface area (Å²) in [4.78, 5) is 13.8. The monoisotopic (exact) mass is 171 g/mol. The van der Waals surface area contributed by atoms with Gasteiger partial charge in [0, 0.05) is 0 Å². The van der Waals surface area contributed by atoms with Crippen LogP contribution in [0.1, 0.15) is 17.5 Å². The van der Waals surface area contributed by atoms with E-state index in [-0.39, 0.29) is 0 Å². The molecule has 1 aromatic carbocycles. The second kappa shape index (κ2) is 3.38. The molecule has 1 aliphatic carbocycles. The lowest BCUT2D eigenvalue weighted by atomic mass is 9.96. The molecule has 1 aromatic rings. The zero-order chi connectivity index (χ0) is 9.10. The van der Waals surface area contributed by atoms with Crippen molar-refractivity contribution in [1.29, 1.82) is 0 Å². The lowest BCUT2D eigenvalue weighted by Crippen LogP contribution is -1.93. The second-order valence-corrected chi connectivity index (χ2v) is 2.99.